The van der Waals surface area contributed by atoms with Crippen LogP contribution in [0, 0.1) is 0 Å². The van der Waals surface area contributed by atoms with Crippen molar-refractivity contribution in [2.75, 3.05) is 6.54 Å². The van der Waals surface area contributed by atoms with Crippen LogP contribution in [0.5, 0.6) is 0 Å². The molecule has 1 atom stereocenters. The quantitative estimate of drug-likeness (QED) is 0.914. The number of nitrogens with two attached hydrogens (primary N) is 1. The van der Waals surface area contributed by atoms with E-state index in [9.17, 15) is 0 Å². The first-order chi connectivity index (χ1) is 10.3. The summed E-state index contributed by atoms with van der Waals surface area (Å²) in [7, 11) is 0. The molecule has 3 rings (SSSR count). The Hall–Kier alpha value is -2.29. The van der Waals surface area contributed by atoms with Gasteiger partial charge in [-0.1, -0.05) is 60.7 Å². The highest BCUT2D eigenvalue weighted by Crippen LogP contribution is 2.18. The van der Waals surface area contributed by atoms with E-state index in [2.05, 4.69) is 64.5 Å². The Balaban J connectivity index is 1.62. The van der Waals surface area contributed by atoms with Crippen LogP contribution in [0.15, 0.2) is 65.7 Å². The molecule has 0 fully saturated rings. The first kappa shape index (κ1) is 13.7. The van der Waals surface area contributed by atoms with Crippen LogP contribution in [-0.2, 0) is 13.0 Å². The third kappa shape index (κ3) is 3.43. The van der Waals surface area contributed by atoms with Gasteiger partial charge < -0.3 is 10.6 Å². The molecule has 0 aromatic heterocycles. The van der Waals surface area contributed by atoms with Crippen molar-refractivity contribution in [2.45, 2.75) is 25.4 Å². The second-order valence-corrected chi connectivity index (χ2v) is 5.49. The lowest BCUT2D eigenvalue weighted by atomic mass is 10.0. The van der Waals surface area contributed by atoms with Crippen molar-refractivity contribution < 1.29 is 0 Å². The number of benzene rings is 2. The van der Waals surface area contributed by atoms with Gasteiger partial charge in [0.2, 0.25) is 0 Å². The number of aryl methyl sites for hydroxylation is 1. The first-order valence-corrected chi connectivity index (χ1v) is 7.47. The summed E-state index contributed by atoms with van der Waals surface area (Å²) in [5.74, 6) is 0.678. The van der Waals surface area contributed by atoms with Gasteiger partial charge in [0.25, 0.3) is 0 Å². The lowest BCUT2D eigenvalue weighted by molar-refractivity contribution is 0.317. The molecule has 0 saturated carbocycles. The summed E-state index contributed by atoms with van der Waals surface area (Å²) in [5, 5.41) is 0. The lowest BCUT2D eigenvalue weighted by Crippen LogP contribution is -2.40. The second-order valence-electron chi connectivity index (χ2n) is 5.49. The van der Waals surface area contributed by atoms with Crippen molar-refractivity contribution in [1.29, 1.82) is 0 Å². The molecule has 0 saturated heterocycles. The Bertz CT molecular complexity index is 592. The van der Waals surface area contributed by atoms with Crippen LogP contribution in [0.2, 0.25) is 0 Å². The van der Waals surface area contributed by atoms with Crippen molar-refractivity contribution in [1.82, 2.24) is 4.90 Å². The molecule has 1 aliphatic rings. The first-order valence-electron chi connectivity index (χ1n) is 7.47. The fourth-order valence-electron chi connectivity index (χ4n) is 2.79. The van der Waals surface area contributed by atoms with Crippen LogP contribution in [0.1, 0.15) is 17.5 Å². The molecule has 108 valence electrons. The average Bonchev–Trinajstić information content (AvgIpc) is 2.88. The van der Waals surface area contributed by atoms with Gasteiger partial charge in [0.15, 0.2) is 5.96 Å². The fourth-order valence-corrected chi connectivity index (χ4v) is 2.79. The predicted molar refractivity (Wildman–Crippen MR) is 87.0 cm³/mol. The van der Waals surface area contributed by atoms with Crippen LogP contribution >= 0.6 is 0 Å². The molecule has 0 radical (unpaired) electrons. The number of nitrogens with zero attached hydrogens (tertiary/aromatic N) is 2. The van der Waals surface area contributed by atoms with Gasteiger partial charge in [0.05, 0.1) is 12.6 Å². The van der Waals surface area contributed by atoms with E-state index in [1.54, 1.807) is 0 Å². The Morgan fingerprint density at radius 3 is 2.24 bits per heavy atom. The number of aliphatic imine (C=N–C) groups is 1. The summed E-state index contributed by atoms with van der Waals surface area (Å²) >= 11 is 0. The van der Waals surface area contributed by atoms with Gasteiger partial charge in [-0.25, -0.2) is 0 Å². The molecule has 0 aliphatic carbocycles. The van der Waals surface area contributed by atoms with Gasteiger partial charge in [-0.3, -0.25) is 4.99 Å². The minimum absolute atomic E-state index is 0.408. The summed E-state index contributed by atoms with van der Waals surface area (Å²) in [6, 6.07) is 21.5. The molecule has 3 heteroatoms. The molecule has 1 heterocycles. The maximum atomic E-state index is 6.06. The SMILES string of the molecule is NC1=NCC(CCc2ccccc2)N1Cc1ccccc1. The zero-order valence-corrected chi connectivity index (χ0v) is 12.2. The maximum Gasteiger partial charge on any atom is 0.191 e. The van der Waals surface area contributed by atoms with Gasteiger partial charge in [0, 0.05) is 6.54 Å². The molecule has 1 unspecified atom stereocenters. The van der Waals surface area contributed by atoms with E-state index in [0.29, 0.717) is 12.0 Å². The van der Waals surface area contributed by atoms with E-state index in [1.807, 2.05) is 6.07 Å². The summed E-state index contributed by atoms with van der Waals surface area (Å²) in [4.78, 5) is 6.66. The van der Waals surface area contributed by atoms with Gasteiger partial charge in [-0.15, -0.1) is 0 Å². The topological polar surface area (TPSA) is 41.6 Å². The van der Waals surface area contributed by atoms with Crippen LogP contribution in [0.3, 0.4) is 0 Å². The Labute approximate surface area is 126 Å². The predicted octanol–water partition coefficient (Wildman–Crippen LogP) is 2.82. The van der Waals surface area contributed by atoms with E-state index in [0.717, 1.165) is 25.9 Å². The Morgan fingerprint density at radius 2 is 1.57 bits per heavy atom. The van der Waals surface area contributed by atoms with Crippen molar-refractivity contribution in [2.24, 2.45) is 10.7 Å². The molecule has 2 N–H and O–H groups in total. The second kappa shape index (κ2) is 6.44. The number of hydrogen-bond donors (Lipinski definition) is 1. The van der Waals surface area contributed by atoms with E-state index < -0.39 is 0 Å². The van der Waals surface area contributed by atoms with E-state index in [-0.39, 0.29) is 0 Å². The molecular weight excluding hydrogens is 258 g/mol. The molecule has 2 aromatic rings. The molecule has 1 aliphatic heterocycles. The smallest absolute Gasteiger partial charge is 0.191 e. The summed E-state index contributed by atoms with van der Waals surface area (Å²) in [6.07, 6.45) is 2.15. The lowest BCUT2D eigenvalue weighted by Gasteiger charge is -2.26. The monoisotopic (exact) mass is 279 g/mol. The fraction of sp³-hybridized carbons (Fsp3) is 0.278. The number of guanidine groups is 1. The standard InChI is InChI=1S/C18H21N3/c19-18-20-13-17(12-11-15-7-3-1-4-8-15)21(18)14-16-9-5-2-6-10-16/h1-10,17H,11-14H2,(H2,19,20). The van der Waals surface area contributed by atoms with Gasteiger partial charge in [0.1, 0.15) is 0 Å². The van der Waals surface area contributed by atoms with Crippen molar-refractivity contribution in [3.05, 3.63) is 71.8 Å². The van der Waals surface area contributed by atoms with Crippen molar-refractivity contribution >= 4 is 5.96 Å². The van der Waals surface area contributed by atoms with Crippen molar-refractivity contribution in [3.63, 3.8) is 0 Å². The summed E-state index contributed by atoms with van der Waals surface area (Å²) in [6.45, 7) is 1.65. The van der Waals surface area contributed by atoms with E-state index in [4.69, 9.17) is 5.73 Å². The van der Waals surface area contributed by atoms with Crippen LogP contribution in [-0.4, -0.2) is 23.4 Å². The van der Waals surface area contributed by atoms with E-state index in [1.165, 1.54) is 11.1 Å². The van der Waals surface area contributed by atoms with E-state index >= 15 is 0 Å². The highest BCUT2D eigenvalue weighted by atomic mass is 15.3. The van der Waals surface area contributed by atoms with Crippen molar-refractivity contribution in [3.8, 4) is 0 Å². The molecule has 21 heavy (non-hydrogen) atoms. The van der Waals surface area contributed by atoms with Crippen LogP contribution in [0.25, 0.3) is 0 Å². The molecule has 0 bridgehead atoms. The van der Waals surface area contributed by atoms with Gasteiger partial charge >= 0.3 is 0 Å². The molecule has 3 nitrogen and oxygen atoms in total. The zero-order valence-electron chi connectivity index (χ0n) is 12.2. The summed E-state index contributed by atoms with van der Waals surface area (Å²) in [5.41, 5.74) is 8.72. The molecular formula is C18H21N3. The largest absolute Gasteiger partial charge is 0.370 e. The third-order valence-corrected chi connectivity index (χ3v) is 4.00. The highest BCUT2D eigenvalue weighted by molar-refractivity contribution is 5.80. The minimum atomic E-state index is 0.408. The molecule has 2 aromatic carbocycles. The van der Waals surface area contributed by atoms with Gasteiger partial charge in [-0.2, -0.15) is 0 Å². The molecule has 0 amide bonds. The number of rotatable bonds is 5. The third-order valence-electron chi connectivity index (χ3n) is 4.00. The van der Waals surface area contributed by atoms with Crippen LogP contribution in [0.4, 0.5) is 0 Å². The molecule has 0 spiro atoms. The van der Waals surface area contributed by atoms with Crippen LogP contribution < -0.4 is 5.73 Å². The van der Waals surface area contributed by atoms with Gasteiger partial charge in [-0.05, 0) is 24.0 Å². The average molecular weight is 279 g/mol. The minimum Gasteiger partial charge on any atom is -0.370 e. The Kier molecular flexibility index (Phi) is 4.20. The summed E-state index contributed by atoms with van der Waals surface area (Å²) < 4.78 is 0. The Morgan fingerprint density at radius 1 is 0.952 bits per heavy atom. The highest BCUT2D eigenvalue weighted by Gasteiger charge is 2.25. The number of hydrogen-bond acceptors (Lipinski definition) is 3. The zero-order chi connectivity index (χ0) is 14.5. The normalized spacial score (nSPS) is 17.8. The maximum absolute atomic E-state index is 6.06.